The lowest BCUT2D eigenvalue weighted by molar-refractivity contribution is -0.171. The Morgan fingerprint density at radius 2 is 2.36 bits per heavy atom. The van der Waals surface area contributed by atoms with E-state index in [4.69, 9.17) is 9.47 Å². The first-order valence-electron chi connectivity index (χ1n) is 4.13. The van der Waals surface area contributed by atoms with Crippen molar-refractivity contribution in [1.82, 2.24) is 0 Å². The molecule has 1 unspecified atom stereocenters. The van der Waals surface area contributed by atoms with Gasteiger partial charge in [-0.15, -0.1) is 0 Å². The van der Waals surface area contributed by atoms with Crippen molar-refractivity contribution in [3.63, 3.8) is 0 Å². The van der Waals surface area contributed by atoms with E-state index in [2.05, 4.69) is 6.92 Å². The van der Waals surface area contributed by atoms with Gasteiger partial charge in [-0.1, -0.05) is 19.8 Å². The Kier molecular flexibility index (Phi) is 3.36. The molecule has 0 aromatic rings. The molecule has 11 heavy (non-hydrogen) atoms. The van der Waals surface area contributed by atoms with E-state index in [1.54, 1.807) is 0 Å². The second-order valence-corrected chi connectivity index (χ2v) is 2.67. The number of ether oxygens (including phenoxy) is 2. The second kappa shape index (κ2) is 4.34. The van der Waals surface area contributed by atoms with Crippen LogP contribution in [0.2, 0.25) is 0 Å². The molecular weight excluding hydrogens is 144 g/mol. The van der Waals surface area contributed by atoms with E-state index >= 15 is 0 Å². The largest absolute Gasteiger partial charge is 0.461 e. The molecule has 1 aliphatic rings. The molecule has 3 nitrogen and oxygen atoms in total. The lowest BCUT2D eigenvalue weighted by Gasteiger charge is -2.21. The van der Waals surface area contributed by atoms with Crippen molar-refractivity contribution in [2.75, 3.05) is 13.2 Å². The maximum absolute atomic E-state index is 11.0. The first-order valence-corrected chi connectivity index (χ1v) is 4.13. The molecule has 0 radical (unpaired) electrons. The van der Waals surface area contributed by atoms with E-state index in [-0.39, 0.29) is 12.1 Å². The predicted octanol–water partition coefficient (Wildman–Crippen LogP) is 1.12. The standard InChI is InChI=1S/C8H14O3/c1-2-3-4-7-8(9)11-6-5-10-7/h7H,2-6H2,1H3. The predicted molar refractivity (Wildman–Crippen MR) is 40.2 cm³/mol. The van der Waals surface area contributed by atoms with Gasteiger partial charge in [-0.2, -0.15) is 0 Å². The molecule has 3 heteroatoms. The van der Waals surface area contributed by atoms with Crippen LogP contribution in [0, 0.1) is 0 Å². The fraction of sp³-hybridized carbons (Fsp3) is 0.875. The average Bonchev–Trinajstić information content (AvgIpc) is 2.03. The zero-order valence-corrected chi connectivity index (χ0v) is 6.84. The Labute approximate surface area is 66.7 Å². The third kappa shape index (κ3) is 2.50. The number of hydrogen-bond donors (Lipinski definition) is 0. The van der Waals surface area contributed by atoms with E-state index < -0.39 is 0 Å². The van der Waals surface area contributed by atoms with Gasteiger partial charge in [0.1, 0.15) is 6.61 Å². The van der Waals surface area contributed by atoms with E-state index in [1.165, 1.54) is 0 Å². The average molecular weight is 158 g/mol. The third-order valence-corrected chi connectivity index (χ3v) is 1.73. The molecule has 1 rings (SSSR count). The zero-order chi connectivity index (χ0) is 8.10. The van der Waals surface area contributed by atoms with Crippen molar-refractivity contribution < 1.29 is 14.3 Å². The minimum atomic E-state index is -0.288. The first-order chi connectivity index (χ1) is 5.34. The molecule has 1 atom stereocenters. The highest BCUT2D eigenvalue weighted by molar-refractivity contribution is 5.75. The van der Waals surface area contributed by atoms with Crippen molar-refractivity contribution in [2.24, 2.45) is 0 Å². The second-order valence-electron chi connectivity index (χ2n) is 2.67. The molecule has 0 amide bonds. The van der Waals surface area contributed by atoms with E-state index in [1.807, 2.05) is 0 Å². The van der Waals surface area contributed by atoms with Gasteiger partial charge < -0.3 is 9.47 Å². The summed E-state index contributed by atoms with van der Waals surface area (Å²) >= 11 is 0. The number of carbonyl (C=O) groups is 1. The number of esters is 1. The van der Waals surface area contributed by atoms with Crippen LogP contribution in [0.4, 0.5) is 0 Å². The van der Waals surface area contributed by atoms with Crippen LogP contribution in [0.15, 0.2) is 0 Å². The van der Waals surface area contributed by atoms with Gasteiger partial charge in [0.05, 0.1) is 6.61 Å². The summed E-state index contributed by atoms with van der Waals surface area (Å²) in [5, 5.41) is 0. The maximum atomic E-state index is 11.0. The lowest BCUT2D eigenvalue weighted by Crippen LogP contribution is -2.33. The Balaban J connectivity index is 2.24. The van der Waals surface area contributed by atoms with Crippen molar-refractivity contribution in [2.45, 2.75) is 32.3 Å². The minimum absolute atomic E-state index is 0.190. The fourth-order valence-electron chi connectivity index (χ4n) is 1.08. The normalized spacial score (nSPS) is 24.8. The molecule has 0 bridgehead atoms. The topological polar surface area (TPSA) is 35.5 Å². The van der Waals surface area contributed by atoms with Gasteiger partial charge in [0.25, 0.3) is 0 Å². The molecular formula is C8H14O3. The summed E-state index contributed by atoms with van der Waals surface area (Å²) in [5.74, 6) is -0.190. The molecule has 0 aromatic heterocycles. The van der Waals surface area contributed by atoms with Gasteiger partial charge in [0.2, 0.25) is 0 Å². The number of carbonyl (C=O) groups excluding carboxylic acids is 1. The Morgan fingerprint density at radius 1 is 1.55 bits per heavy atom. The molecule has 1 saturated heterocycles. The highest BCUT2D eigenvalue weighted by Crippen LogP contribution is 2.10. The molecule has 1 fully saturated rings. The first kappa shape index (κ1) is 8.53. The zero-order valence-electron chi connectivity index (χ0n) is 6.84. The van der Waals surface area contributed by atoms with Crippen LogP contribution in [0.3, 0.4) is 0 Å². The van der Waals surface area contributed by atoms with Crippen LogP contribution in [0.5, 0.6) is 0 Å². The minimum Gasteiger partial charge on any atom is -0.461 e. The Morgan fingerprint density at radius 3 is 3.00 bits per heavy atom. The SMILES string of the molecule is CCCCC1OCCOC1=O. The van der Waals surface area contributed by atoms with Crippen molar-refractivity contribution >= 4 is 5.97 Å². The van der Waals surface area contributed by atoms with Gasteiger partial charge in [0, 0.05) is 0 Å². The smallest absolute Gasteiger partial charge is 0.335 e. The quantitative estimate of drug-likeness (QED) is 0.577. The summed E-state index contributed by atoms with van der Waals surface area (Å²) in [6.45, 7) is 3.07. The molecule has 0 aliphatic carbocycles. The van der Waals surface area contributed by atoms with Crippen LogP contribution in [0.1, 0.15) is 26.2 Å². The monoisotopic (exact) mass is 158 g/mol. The molecule has 0 aromatic carbocycles. The molecule has 0 saturated carbocycles. The van der Waals surface area contributed by atoms with Crippen molar-refractivity contribution in [1.29, 1.82) is 0 Å². The third-order valence-electron chi connectivity index (χ3n) is 1.73. The van der Waals surface area contributed by atoms with Gasteiger partial charge in [-0.05, 0) is 6.42 Å². The van der Waals surface area contributed by atoms with Gasteiger partial charge >= 0.3 is 5.97 Å². The van der Waals surface area contributed by atoms with E-state index in [0.29, 0.717) is 13.2 Å². The van der Waals surface area contributed by atoms with E-state index in [9.17, 15) is 4.79 Å². The van der Waals surface area contributed by atoms with E-state index in [0.717, 1.165) is 19.3 Å². The summed E-state index contributed by atoms with van der Waals surface area (Å²) in [4.78, 5) is 11.0. The van der Waals surface area contributed by atoms with Crippen molar-refractivity contribution in [3.8, 4) is 0 Å². The summed E-state index contributed by atoms with van der Waals surface area (Å²) in [7, 11) is 0. The van der Waals surface area contributed by atoms with Crippen molar-refractivity contribution in [3.05, 3.63) is 0 Å². The highest BCUT2D eigenvalue weighted by Gasteiger charge is 2.23. The number of cyclic esters (lactones) is 1. The van der Waals surface area contributed by atoms with Crippen LogP contribution < -0.4 is 0 Å². The molecule has 0 spiro atoms. The van der Waals surface area contributed by atoms with Gasteiger partial charge in [-0.25, -0.2) is 4.79 Å². The maximum Gasteiger partial charge on any atom is 0.335 e. The van der Waals surface area contributed by atoms with Gasteiger partial charge in [0.15, 0.2) is 6.10 Å². The lowest BCUT2D eigenvalue weighted by atomic mass is 10.1. The highest BCUT2D eigenvalue weighted by atomic mass is 16.6. The summed E-state index contributed by atoms with van der Waals surface area (Å²) in [6.07, 6.45) is 2.63. The summed E-state index contributed by atoms with van der Waals surface area (Å²) in [5.41, 5.74) is 0. The molecule has 0 N–H and O–H groups in total. The van der Waals surface area contributed by atoms with Gasteiger partial charge in [-0.3, -0.25) is 0 Å². The van der Waals surface area contributed by atoms with Crippen LogP contribution in [-0.2, 0) is 14.3 Å². The molecule has 64 valence electrons. The number of rotatable bonds is 3. The summed E-state index contributed by atoms with van der Waals surface area (Å²) < 4.78 is 10.0. The molecule has 1 heterocycles. The Hall–Kier alpha value is -0.570. The summed E-state index contributed by atoms with van der Waals surface area (Å²) in [6, 6.07) is 0. The number of hydrogen-bond acceptors (Lipinski definition) is 3. The van der Waals surface area contributed by atoms with Crippen LogP contribution >= 0.6 is 0 Å². The van der Waals surface area contributed by atoms with Crippen LogP contribution in [-0.4, -0.2) is 25.3 Å². The fourth-order valence-corrected chi connectivity index (χ4v) is 1.08. The molecule has 1 aliphatic heterocycles. The van der Waals surface area contributed by atoms with Crippen LogP contribution in [0.25, 0.3) is 0 Å². The number of unbranched alkanes of at least 4 members (excludes halogenated alkanes) is 1. The Bertz CT molecular complexity index is 133.